The number of carbonyl (C=O) groups is 2. The highest BCUT2D eigenvalue weighted by molar-refractivity contribution is 5.80. The lowest BCUT2D eigenvalue weighted by atomic mass is 9.75. The SMILES string of the molecule is O=C(CCc1cccnc1)N1CCCC(CCc2ccccc2)(C(=O)O)C1. The van der Waals surface area contributed by atoms with Gasteiger partial charge in [0.2, 0.25) is 5.91 Å². The maximum atomic E-state index is 12.7. The molecule has 1 aromatic carbocycles. The van der Waals surface area contributed by atoms with Crippen molar-refractivity contribution in [3.8, 4) is 0 Å². The number of carboxylic acids is 1. The zero-order valence-electron chi connectivity index (χ0n) is 15.5. The maximum absolute atomic E-state index is 12.7. The molecular weight excluding hydrogens is 340 g/mol. The lowest BCUT2D eigenvalue weighted by Gasteiger charge is -2.40. The number of aromatic nitrogens is 1. The van der Waals surface area contributed by atoms with Gasteiger partial charge in [-0.2, -0.15) is 0 Å². The van der Waals surface area contributed by atoms with Crippen molar-refractivity contribution in [1.29, 1.82) is 0 Å². The molecule has 142 valence electrons. The number of rotatable bonds is 7. The number of nitrogens with zero attached hydrogens (tertiary/aromatic N) is 2. The highest BCUT2D eigenvalue weighted by atomic mass is 16.4. The van der Waals surface area contributed by atoms with E-state index in [9.17, 15) is 14.7 Å². The summed E-state index contributed by atoms with van der Waals surface area (Å²) in [5.41, 5.74) is 1.31. The van der Waals surface area contributed by atoms with E-state index in [1.165, 1.54) is 0 Å². The molecule has 0 bridgehead atoms. The molecule has 2 heterocycles. The Morgan fingerprint density at radius 1 is 1.07 bits per heavy atom. The Kier molecular flexibility index (Phi) is 6.22. The Morgan fingerprint density at radius 3 is 2.56 bits per heavy atom. The summed E-state index contributed by atoms with van der Waals surface area (Å²) in [6.45, 7) is 0.952. The molecule has 1 aromatic heterocycles. The van der Waals surface area contributed by atoms with E-state index >= 15 is 0 Å². The molecule has 1 N–H and O–H groups in total. The van der Waals surface area contributed by atoms with Crippen LogP contribution in [0.5, 0.6) is 0 Å². The first-order chi connectivity index (χ1) is 13.1. The predicted octanol–water partition coefficient (Wildman–Crippen LogP) is 3.34. The Morgan fingerprint density at radius 2 is 1.85 bits per heavy atom. The molecule has 1 saturated heterocycles. The van der Waals surface area contributed by atoms with Crippen molar-refractivity contribution < 1.29 is 14.7 Å². The second-order valence-electron chi connectivity index (χ2n) is 7.35. The molecule has 0 aliphatic carbocycles. The van der Waals surface area contributed by atoms with Gasteiger partial charge < -0.3 is 10.0 Å². The van der Waals surface area contributed by atoms with Crippen molar-refractivity contribution in [2.75, 3.05) is 13.1 Å². The third-order valence-electron chi connectivity index (χ3n) is 5.47. The van der Waals surface area contributed by atoms with E-state index < -0.39 is 11.4 Å². The molecule has 1 aliphatic rings. The van der Waals surface area contributed by atoms with Crippen LogP contribution < -0.4 is 0 Å². The largest absolute Gasteiger partial charge is 0.481 e. The number of carboxylic acid groups (broad SMARTS) is 1. The van der Waals surface area contributed by atoms with Crippen LogP contribution in [0.1, 0.15) is 36.8 Å². The zero-order chi connectivity index (χ0) is 19.1. The third kappa shape index (κ3) is 4.94. The van der Waals surface area contributed by atoms with E-state index in [2.05, 4.69) is 4.98 Å². The number of hydrogen-bond acceptors (Lipinski definition) is 3. The molecule has 1 fully saturated rings. The van der Waals surface area contributed by atoms with Crippen LogP contribution in [-0.2, 0) is 22.4 Å². The van der Waals surface area contributed by atoms with E-state index in [1.807, 2.05) is 42.5 Å². The van der Waals surface area contributed by atoms with Gasteiger partial charge in [-0.05, 0) is 49.3 Å². The van der Waals surface area contributed by atoms with Crippen LogP contribution in [0.4, 0.5) is 0 Å². The molecular formula is C22H26N2O3. The van der Waals surface area contributed by atoms with Crippen molar-refractivity contribution in [2.24, 2.45) is 5.41 Å². The van der Waals surface area contributed by atoms with Gasteiger partial charge in [0, 0.05) is 31.9 Å². The van der Waals surface area contributed by atoms with Gasteiger partial charge in [0.05, 0.1) is 5.41 Å². The number of piperidine rings is 1. The van der Waals surface area contributed by atoms with Gasteiger partial charge in [-0.25, -0.2) is 0 Å². The van der Waals surface area contributed by atoms with Crippen molar-refractivity contribution in [1.82, 2.24) is 9.88 Å². The van der Waals surface area contributed by atoms with Gasteiger partial charge in [-0.3, -0.25) is 14.6 Å². The Bertz CT molecular complexity index is 764. The molecule has 0 spiro atoms. The number of hydrogen-bond donors (Lipinski definition) is 1. The summed E-state index contributed by atoms with van der Waals surface area (Å²) < 4.78 is 0. The van der Waals surface area contributed by atoms with E-state index in [0.29, 0.717) is 45.2 Å². The number of pyridine rings is 1. The van der Waals surface area contributed by atoms with Crippen LogP contribution in [0.25, 0.3) is 0 Å². The molecule has 1 unspecified atom stereocenters. The highest BCUT2D eigenvalue weighted by Gasteiger charge is 2.43. The third-order valence-corrected chi connectivity index (χ3v) is 5.47. The molecule has 3 rings (SSSR count). The first-order valence-corrected chi connectivity index (χ1v) is 9.53. The first kappa shape index (κ1) is 19.1. The second-order valence-corrected chi connectivity index (χ2v) is 7.35. The standard InChI is InChI=1S/C22H26N2O3/c25-20(10-9-19-8-4-14-23-16-19)24-15-5-12-22(17-24,21(26)27)13-11-18-6-2-1-3-7-18/h1-4,6-8,14,16H,5,9-13,15,17H2,(H,26,27). The van der Waals surface area contributed by atoms with Gasteiger partial charge in [-0.15, -0.1) is 0 Å². The maximum Gasteiger partial charge on any atom is 0.311 e. The number of amides is 1. The van der Waals surface area contributed by atoms with Gasteiger partial charge in [0.15, 0.2) is 0 Å². The van der Waals surface area contributed by atoms with E-state index in [0.717, 1.165) is 17.5 Å². The summed E-state index contributed by atoms with van der Waals surface area (Å²) in [5.74, 6) is -0.757. The minimum absolute atomic E-state index is 0.0314. The lowest BCUT2D eigenvalue weighted by molar-refractivity contribution is -0.155. The first-order valence-electron chi connectivity index (χ1n) is 9.53. The van der Waals surface area contributed by atoms with E-state index in [4.69, 9.17) is 0 Å². The molecule has 5 nitrogen and oxygen atoms in total. The number of aliphatic carboxylic acids is 1. The molecule has 2 aromatic rings. The minimum atomic E-state index is -0.849. The monoisotopic (exact) mass is 366 g/mol. The normalized spacial score (nSPS) is 19.6. The summed E-state index contributed by atoms with van der Waals surface area (Å²) in [6.07, 6.45) is 7.13. The fourth-order valence-electron chi connectivity index (χ4n) is 3.81. The molecule has 1 aliphatic heterocycles. The highest BCUT2D eigenvalue weighted by Crippen LogP contribution is 2.35. The van der Waals surface area contributed by atoms with Crippen LogP contribution in [0, 0.1) is 5.41 Å². The number of aryl methyl sites for hydroxylation is 2. The van der Waals surface area contributed by atoms with Crippen molar-refractivity contribution in [3.05, 3.63) is 66.0 Å². The second kappa shape index (κ2) is 8.80. The summed E-state index contributed by atoms with van der Waals surface area (Å²) in [4.78, 5) is 30.6. The Balaban J connectivity index is 1.62. The van der Waals surface area contributed by atoms with Gasteiger partial charge in [0.25, 0.3) is 0 Å². The fraction of sp³-hybridized carbons (Fsp3) is 0.409. The Labute approximate surface area is 160 Å². The minimum Gasteiger partial charge on any atom is -0.481 e. The van der Waals surface area contributed by atoms with Crippen molar-refractivity contribution in [3.63, 3.8) is 0 Å². The van der Waals surface area contributed by atoms with E-state index in [-0.39, 0.29) is 5.91 Å². The molecule has 27 heavy (non-hydrogen) atoms. The molecule has 0 radical (unpaired) electrons. The average molecular weight is 366 g/mol. The lowest BCUT2D eigenvalue weighted by Crippen LogP contribution is -2.50. The van der Waals surface area contributed by atoms with Gasteiger partial charge in [0.1, 0.15) is 0 Å². The molecule has 1 amide bonds. The zero-order valence-corrected chi connectivity index (χ0v) is 15.5. The van der Waals surface area contributed by atoms with E-state index in [1.54, 1.807) is 17.3 Å². The van der Waals surface area contributed by atoms with Crippen LogP contribution in [0.15, 0.2) is 54.9 Å². The topological polar surface area (TPSA) is 70.5 Å². The summed E-state index contributed by atoms with van der Waals surface area (Å²) in [7, 11) is 0. The van der Waals surface area contributed by atoms with Crippen LogP contribution in [-0.4, -0.2) is 40.0 Å². The quantitative estimate of drug-likeness (QED) is 0.816. The number of likely N-dealkylation sites (tertiary alicyclic amines) is 1. The molecule has 1 atom stereocenters. The van der Waals surface area contributed by atoms with Gasteiger partial charge in [-0.1, -0.05) is 36.4 Å². The fourth-order valence-corrected chi connectivity index (χ4v) is 3.81. The summed E-state index contributed by atoms with van der Waals surface area (Å²) in [6, 6.07) is 13.8. The Hall–Kier alpha value is -2.69. The van der Waals surface area contributed by atoms with Crippen LogP contribution >= 0.6 is 0 Å². The van der Waals surface area contributed by atoms with Crippen LogP contribution in [0.3, 0.4) is 0 Å². The van der Waals surface area contributed by atoms with Crippen molar-refractivity contribution in [2.45, 2.75) is 38.5 Å². The molecule has 5 heteroatoms. The number of benzene rings is 1. The predicted molar refractivity (Wildman–Crippen MR) is 103 cm³/mol. The van der Waals surface area contributed by atoms with Crippen molar-refractivity contribution >= 4 is 11.9 Å². The average Bonchev–Trinajstić information content (AvgIpc) is 2.72. The molecule has 0 saturated carbocycles. The summed E-state index contributed by atoms with van der Waals surface area (Å²) >= 11 is 0. The number of carbonyl (C=O) groups excluding carboxylic acids is 1. The summed E-state index contributed by atoms with van der Waals surface area (Å²) in [5, 5.41) is 9.93. The van der Waals surface area contributed by atoms with Crippen LogP contribution in [0.2, 0.25) is 0 Å². The van der Waals surface area contributed by atoms with Gasteiger partial charge >= 0.3 is 5.97 Å². The smallest absolute Gasteiger partial charge is 0.311 e.